The van der Waals surface area contributed by atoms with Crippen molar-refractivity contribution in [3.63, 3.8) is 0 Å². The van der Waals surface area contributed by atoms with Gasteiger partial charge in [-0.25, -0.2) is 0 Å². The molecule has 0 aliphatic carbocycles. The molecule has 1 heterocycles. The zero-order valence-electron chi connectivity index (χ0n) is 12.2. The smallest absolute Gasteiger partial charge is 0.255 e. The Balaban J connectivity index is 1.86. The van der Waals surface area contributed by atoms with E-state index in [-0.39, 0.29) is 11.8 Å². The molecule has 0 atom stereocenters. The van der Waals surface area contributed by atoms with Crippen LogP contribution in [0.1, 0.15) is 29.8 Å². The molecule has 112 valence electrons. The van der Waals surface area contributed by atoms with Crippen LogP contribution in [0.25, 0.3) is 0 Å². The number of nitrogens with one attached hydrogen (secondary N) is 2. The number of rotatable bonds is 2. The van der Waals surface area contributed by atoms with E-state index in [1.165, 1.54) is 0 Å². The van der Waals surface area contributed by atoms with Crippen LogP contribution in [0.2, 0.25) is 0 Å². The molecule has 3 rings (SSSR count). The van der Waals surface area contributed by atoms with Crippen LogP contribution in [0.15, 0.2) is 46.9 Å². The van der Waals surface area contributed by atoms with Crippen LogP contribution in [-0.2, 0) is 10.2 Å². The van der Waals surface area contributed by atoms with Gasteiger partial charge >= 0.3 is 0 Å². The predicted octanol–water partition coefficient (Wildman–Crippen LogP) is 3.93. The van der Waals surface area contributed by atoms with Crippen molar-refractivity contribution in [3.8, 4) is 0 Å². The molecule has 0 spiro atoms. The van der Waals surface area contributed by atoms with E-state index in [2.05, 4.69) is 26.6 Å². The predicted molar refractivity (Wildman–Crippen MR) is 90.2 cm³/mol. The number of carbonyl (C=O) groups is 2. The van der Waals surface area contributed by atoms with Gasteiger partial charge in [0.2, 0.25) is 5.91 Å². The summed E-state index contributed by atoms with van der Waals surface area (Å²) in [6.45, 7) is 3.74. The maximum atomic E-state index is 12.2. The molecule has 0 saturated heterocycles. The zero-order chi connectivity index (χ0) is 15.9. The van der Waals surface area contributed by atoms with Crippen LogP contribution >= 0.6 is 15.9 Å². The molecule has 0 aromatic heterocycles. The molecule has 22 heavy (non-hydrogen) atoms. The molecule has 2 amide bonds. The fourth-order valence-electron chi connectivity index (χ4n) is 2.45. The molecule has 4 nitrogen and oxygen atoms in total. The molecule has 0 radical (unpaired) electrons. The Bertz CT molecular complexity index is 767. The molecule has 5 heteroatoms. The molecule has 0 saturated carbocycles. The summed E-state index contributed by atoms with van der Waals surface area (Å²) in [4.78, 5) is 24.2. The summed E-state index contributed by atoms with van der Waals surface area (Å²) in [5.74, 6) is -0.207. The Morgan fingerprint density at radius 3 is 2.50 bits per heavy atom. The van der Waals surface area contributed by atoms with Crippen LogP contribution in [-0.4, -0.2) is 11.8 Å². The molecular formula is C17H15BrN2O2. The Kier molecular flexibility index (Phi) is 3.53. The van der Waals surface area contributed by atoms with Gasteiger partial charge in [-0.15, -0.1) is 0 Å². The average Bonchev–Trinajstić information content (AvgIpc) is 2.70. The Labute approximate surface area is 137 Å². The van der Waals surface area contributed by atoms with Crippen LogP contribution in [0.3, 0.4) is 0 Å². The van der Waals surface area contributed by atoms with Crippen LogP contribution < -0.4 is 10.6 Å². The van der Waals surface area contributed by atoms with Crippen molar-refractivity contribution in [2.24, 2.45) is 0 Å². The van der Waals surface area contributed by atoms with E-state index < -0.39 is 5.41 Å². The Morgan fingerprint density at radius 1 is 1.14 bits per heavy atom. The second-order valence-electron chi connectivity index (χ2n) is 5.80. The molecule has 0 fully saturated rings. The number of halogens is 1. The molecule has 2 N–H and O–H groups in total. The Hall–Kier alpha value is -2.14. The Morgan fingerprint density at radius 2 is 1.82 bits per heavy atom. The van der Waals surface area contributed by atoms with Crippen molar-refractivity contribution in [3.05, 3.63) is 58.1 Å². The summed E-state index contributed by atoms with van der Waals surface area (Å²) in [5, 5.41) is 5.72. The van der Waals surface area contributed by atoms with E-state index in [0.29, 0.717) is 11.3 Å². The van der Waals surface area contributed by atoms with Gasteiger partial charge in [0.25, 0.3) is 5.91 Å². The highest BCUT2D eigenvalue weighted by Crippen LogP contribution is 2.38. The highest BCUT2D eigenvalue weighted by molar-refractivity contribution is 9.10. The minimum Gasteiger partial charge on any atom is -0.325 e. The number of anilines is 2. The van der Waals surface area contributed by atoms with Crippen molar-refractivity contribution in [1.82, 2.24) is 0 Å². The average molecular weight is 359 g/mol. The third-order valence-corrected chi connectivity index (χ3v) is 4.40. The number of amides is 2. The van der Waals surface area contributed by atoms with E-state index in [1.807, 2.05) is 38.1 Å². The number of fused-ring (bicyclic) bond motifs is 1. The van der Waals surface area contributed by atoms with Crippen LogP contribution in [0.4, 0.5) is 11.4 Å². The van der Waals surface area contributed by atoms with Gasteiger partial charge in [-0.3, -0.25) is 9.59 Å². The standard InChI is InChI=1S/C17H15BrN2O2/c1-17(2)13-9-12(7-8-14(13)20-16(17)22)19-15(21)10-3-5-11(18)6-4-10/h3-9H,1-2H3,(H,19,21)(H,20,22). The lowest BCUT2D eigenvalue weighted by atomic mass is 9.86. The molecule has 1 aliphatic heterocycles. The number of carbonyl (C=O) groups excluding carboxylic acids is 2. The van der Waals surface area contributed by atoms with E-state index >= 15 is 0 Å². The molecule has 2 aromatic rings. The first-order valence-electron chi connectivity index (χ1n) is 6.91. The lowest BCUT2D eigenvalue weighted by Gasteiger charge is -2.16. The molecule has 1 aliphatic rings. The van der Waals surface area contributed by atoms with E-state index in [9.17, 15) is 9.59 Å². The summed E-state index contributed by atoms with van der Waals surface area (Å²) in [6.07, 6.45) is 0. The normalized spacial score (nSPS) is 15.1. The van der Waals surface area contributed by atoms with E-state index in [0.717, 1.165) is 15.7 Å². The van der Waals surface area contributed by atoms with Gasteiger partial charge in [0, 0.05) is 21.4 Å². The number of hydrogen-bond donors (Lipinski definition) is 2. The minimum absolute atomic E-state index is 0.0288. The van der Waals surface area contributed by atoms with Crippen molar-refractivity contribution in [1.29, 1.82) is 0 Å². The minimum atomic E-state index is -0.590. The lowest BCUT2D eigenvalue weighted by molar-refractivity contribution is -0.119. The molecule has 2 aromatic carbocycles. The number of hydrogen-bond acceptors (Lipinski definition) is 2. The fourth-order valence-corrected chi connectivity index (χ4v) is 2.72. The van der Waals surface area contributed by atoms with Crippen molar-refractivity contribution < 1.29 is 9.59 Å². The van der Waals surface area contributed by atoms with Crippen LogP contribution in [0.5, 0.6) is 0 Å². The zero-order valence-corrected chi connectivity index (χ0v) is 13.8. The second-order valence-corrected chi connectivity index (χ2v) is 6.72. The summed E-state index contributed by atoms with van der Waals surface area (Å²) in [6, 6.07) is 12.6. The maximum Gasteiger partial charge on any atom is 0.255 e. The van der Waals surface area contributed by atoms with E-state index in [4.69, 9.17) is 0 Å². The van der Waals surface area contributed by atoms with Crippen molar-refractivity contribution >= 4 is 39.1 Å². The summed E-state index contributed by atoms with van der Waals surface area (Å²) < 4.78 is 0.924. The highest BCUT2D eigenvalue weighted by atomic mass is 79.9. The van der Waals surface area contributed by atoms with Crippen LogP contribution in [0, 0.1) is 0 Å². The van der Waals surface area contributed by atoms with Gasteiger partial charge in [0.05, 0.1) is 5.41 Å². The first kappa shape index (κ1) is 14.8. The second kappa shape index (κ2) is 5.25. The van der Waals surface area contributed by atoms with Gasteiger partial charge in [-0.05, 0) is 61.9 Å². The summed E-state index contributed by atoms with van der Waals surface area (Å²) >= 11 is 3.34. The van der Waals surface area contributed by atoms with Gasteiger partial charge in [0.15, 0.2) is 0 Å². The summed E-state index contributed by atoms with van der Waals surface area (Å²) in [7, 11) is 0. The lowest BCUT2D eigenvalue weighted by Crippen LogP contribution is -2.26. The van der Waals surface area contributed by atoms with Gasteiger partial charge in [-0.1, -0.05) is 15.9 Å². The monoisotopic (exact) mass is 358 g/mol. The van der Waals surface area contributed by atoms with Gasteiger partial charge in [-0.2, -0.15) is 0 Å². The maximum absolute atomic E-state index is 12.2. The first-order valence-corrected chi connectivity index (χ1v) is 7.70. The third-order valence-electron chi connectivity index (χ3n) is 3.87. The van der Waals surface area contributed by atoms with Gasteiger partial charge < -0.3 is 10.6 Å². The molecule has 0 unspecified atom stereocenters. The SMILES string of the molecule is CC1(C)C(=O)Nc2ccc(NC(=O)c3ccc(Br)cc3)cc21. The molecule has 0 bridgehead atoms. The molecular weight excluding hydrogens is 344 g/mol. The highest BCUT2D eigenvalue weighted by Gasteiger charge is 2.38. The first-order chi connectivity index (χ1) is 10.4. The topological polar surface area (TPSA) is 58.2 Å². The summed E-state index contributed by atoms with van der Waals surface area (Å²) in [5.41, 5.74) is 2.37. The van der Waals surface area contributed by atoms with E-state index in [1.54, 1.807) is 18.2 Å². The van der Waals surface area contributed by atoms with Gasteiger partial charge in [0.1, 0.15) is 0 Å². The van der Waals surface area contributed by atoms with Crippen molar-refractivity contribution in [2.45, 2.75) is 19.3 Å². The third kappa shape index (κ3) is 2.52. The largest absolute Gasteiger partial charge is 0.325 e. The number of benzene rings is 2. The van der Waals surface area contributed by atoms with Crippen molar-refractivity contribution in [2.75, 3.05) is 10.6 Å². The fraction of sp³-hybridized carbons (Fsp3) is 0.176. The quantitative estimate of drug-likeness (QED) is 0.854.